The molecular formula is C14H12FNO4S. The number of rotatable bonds is 4. The third kappa shape index (κ3) is 3.19. The number of anilines is 1. The van der Waals surface area contributed by atoms with Crippen LogP contribution in [0.25, 0.3) is 0 Å². The molecule has 0 unspecified atom stereocenters. The Bertz CT molecular complexity index is 683. The molecule has 0 aliphatic heterocycles. The third-order valence-electron chi connectivity index (χ3n) is 2.70. The quantitative estimate of drug-likeness (QED) is 0.882. The highest BCUT2D eigenvalue weighted by atomic mass is 32.1. The van der Waals surface area contributed by atoms with E-state index in [1.54, 1.807) is 11.4 Å². The Morgan fingerprint density at radius 1 is 1.24 bits per heavy atom. The molecule has 1 aromatic heterocycles. The first-order valence-electron chi connectivity index (χ1n) is 5.87. The van der Waals surface area contributed by atoms with Crippen LogP contribution >= 0.6 is 11.3 Å². The second kappa shape index (κ2) is 6.36. The number of thiophene rings is 1. The summed E-state index contributed by atoms with van der Waals surface area (Å²) < 4.78 is 23.0. The lowest BCUT2D eigenvalue weighted by Gasteiger charge is -2.07. The zero-order valence-electron chi connectivity index (χ0n) is 11.3. The molecule has 0 aliphatic carbocycles. The number of nitrogens with one attached hydrogen (secondary N) is 1. The zero-order chi connectivity index (χ0) is 15.4. The number of hydrogen-bond donors (Lipinski definition) is 1. The van der Waals surface area contributed by atoms with Crippen molar-refractivity contribution < 1.29 is 23.5 Å². The summed E-state index contributed by atoms with van der Waals surface area (Å²) in [5.41, 5.74) is 0.448. The van der Waals surface area contributed by atoms with Crippen molar-refractivity contribution in [3.63, 3.8) is 0 Å². The highest BCUT2D eigenvalue weighted by Crippen LogP contribution is 2.24. The Kier molecular flexibility index (Phi) is 4.54. The van der Waals surface area contributed by atoms with Gasteiger partial charge in [-0.15, -0.1) is 11.3 Å². The van der Waals surface area contributed by atoms with Crippen LogP contribution in [-0.2, 0) is 4.74 Å². The van der Waals surface area contributed by atoms with E-state index >= 15 is 0 Å². The molecule has 1 N–H and O–H groups in total. The first kappa shape index (κ1) is 15.0. The molecule has 110 valence electrons. The van der Waals surface area contributed by atoms with Gasteiger partial charge in [-0.25, -0.2) is 9.18 Å². The van der Waals surface area contributed by atoms with Crippen molar-refractivity contribution in [2.75, 3.05) is 19.5 Å². The summed E-state index contributed by atoms with van der Waals surface area (Å²) in [4.78, 5) is 23.8. The molecule has 0 atom stereocenters. The predicted octanol–water partition coefficient (Wildman–Crippen LogP) is 2.93. The van der Waals surface area contributed by atoms with Crippen molar-refractivity contribution in [3.05, 3.63) is 45.9 Å². The van der Waals surface area contributed by atoms with E-state index in [2.05, 4.69) is 10.1 Å². The molecule has 1 amide bonds. The van der Waals surface area contributed by atoms with Gasteiger partial charge >= 0.3 is 5.97 Å². The highest BCUT2D eigenvalue weighted by Gasteiger charge is 2.17. The molecule has 7 heteroatoms. The number of carbonyl (C=O) groups is 2. The number of carbonyl (C=O) groups excluding carboxylic acids is 2. The summed E-state index contributed by atoms with van der Waals surface area (Å²) in [6.07, 6.45) is 0. The summed E-state index contributed by atoms with van der Waals surface area (Å²) in [5.74, 6) is -1.65. The molecule has 21 heavy (non-hydrogen) atoms. The van der Waals surface area contributed by atoms with E-state index in [1.165, 1.54) is 26.4 Å². The van der Waals surface area contributed by atoms with Gasteiger partial charge in [-0.1, -0.05) is 0 Å². The molecule has 5 nitrogen and oxygen atoms in total. The first-order valence-corrected chi connectivity index (χ1v) is 6.75. The van der Waals surface area contributed by atoms with Crippen LogP contribution in [0.2, 0.25) is 0 Å². The lowest BCUT2D eigenvalue weighted by Crippen LogP contribution is -2.14. The van der Waals surface area contributed by atoms with Crippen LogP contribution in [0.1, 0.15) is 20.0 Å². The summed E-state index contributed by atoms with van der Waals surface area (Å²) in [7, 11) is 2.60. The van der Waals surface area contributed by atoms with Crippen LogP contribution in [0.5, 0.6) is 5.75 Å². The lowest BCUT2D eigenvalue weighted by molar-refractivity contribution is 0.0607. The molecule has 2 aromatic rings. The Hall–Kier alpha value is -2.41. The van der Waals surface area contributed by atoms with Crippen molar-refractivity contribution in [1.82, 2.24) is 0 Å². The second-order valence-corrected chi connectivity index (χ2v) is 4.87. The minimum absolute atomic E-state index is 0.0531. The van der Waals surface area contributed by atoms with Crippen LogP contribution in [0.3, 0.4) is 0 Å². The summed E-state index contributed by atoms with van der Waals surface area (Å²) in [6.45, 7) is 0. The fraction of sp³-hybridized carbons (Fsp3) is 0.143. The van der Waals surface area contributed by atoms with E-state index in [9.17, 15) is 14.0 Å². The van der Waals surface area contributed by atoms with Crippen molar-refractivity contribution in [3.8, 4) is 5.75 Å². The number of amides is 1. The van der Waals surface area contributed by atoms with Crippen molar-refractivity contribution in [1.29, 1.82) is 0 Å². The molecule has 0 saturated carbocycles. The minimum Gasteiger partial charge on any atom is -0.494 e. The van der Waals surface area contributed by atoms with Crippen LogP contribution in [0.4, 0.5) is 10.1 Å². The number of ether oxygens (including phenoxy) is 2. The monoisotopic (exact) mass is 309 g/mol. The zero-order valence-corrected chi connectivity index (χ0v) is 12.1. The fourth-order valence-electron chi connectivity index (χ4n) is 1.66. The number of esters is 1. The molecule has 0 spiro atoms. The summed E-state index contributed by atoms with van der Waals surface area (Å²) in [5, 5.41) is 4.20. The molecule has 0 fully saturated rings. The Morgan fingerprint density at radius 3 is 2.62 bits per heavy atom. The predicted molar refractivity (Wildman–Crippen MR) is 76.6 cm³/mol. The second-order valence-electron chi connectivity index (χ2n) is 3.96. The number of hydrogen-bond acceptors (Lipinski definition) is 5. The molecule has 0 radical (unpaired) electrons. The van der Waals surface area contributed by atoms with Gasteiger partial charge in [0.05, 0.1) is 19.9 Å². The number of benzene rings is 1. The van der Waals surface area contributed by atoms with Gasteiger partial charge in [0.2, 0.25) is 0 Å². The normalized spacial score (nSPS) is 10.0. The first-order chi connectivity index (χ1) is 10.1. The summed E-state index contributed by atoms with van der Waals surface area (Å²) in [6, 6.07) is 5.44. The van der Waals surface area contributed by atoms with Gasteiger partial charge in [-0.2, -0.15) is 0 Å². The van der Waals surface area contributed by atoms with E-state index in [0.717, 1.165) is 17.4 Å². The molecular weight excluding hydrogens is 297 g/mol. The van der Waals surface area contributed by atoms with E-state index in [1.807, 2.05) is 0 Å². The molecule has 1 heterocycles. The maximum absolute atomic E-state index is 13.6. The van der Waals surface area contributed by atoms with Crippen molar-refractivity contribution in [2.45, 2.75) is 0 Å². The van der Waals surface area contributed by atoms with Crippen LogP contribution in [-0.4, -0.2) is 26.1 Å². The van der Waals surface area contributed by atoms with E-state index in [-0.39, 0.29) is 16.2 Å². The lowest BCUT2D eigenvalue weighted by atomic mass is 10.2. The largest absolute Gasteiger partial charge is 0.494 e. The molecule has 2 rings (SSSR count). The van der Waals surface area contributed by atoms with E-state index in [0.29, 0.717) is 5.69 Å². The van der Waals surface area contributed by atoms with Gasteiger partial charge in [-0.3, -0.25) is 4.79 Å². The van der Waals surface area contributed by atoms with E-state index < -0.39 is 17.7 Å². The van der Waals surface area contributed by atoms with Gasteiger partial charge in [0.25, 0.3) is 5.91 Å². The van der Waals surface area contributed by atoms with Gasteiger partial charge in [0.15, 0.2) is 11.6 Å². The number of halogens is 1. The van der Waals surface area contributed by atoms with Gasteiger partial charge in [0.1, 0.15) is 4.88 Å². The molecule has 0 saturated heterocycles. The maximum atomic E-state index is 13.6. The van der Waals surface area contributed by atoms with Crippen LogP contribution in [0, 0.1) is 5.82 Å². The fourth-order valence-corrected chi connectivity index (χ4v) is 2.43. The van der Waals surface area contributed by atoms with Crippen molar-refractivity contribution >= 4 is 28.9 Å². The Morgan fingerprint density at radius 2 is 2.00 bits per heavy atom. The Labute approximate surface area is 124 Å². The standard InChI is InChI=1S/C14H12FNO4S/c1-19-11-4-3-8(7-9(11)15)13(17)16-10-5-6-21-12(10)14(18)20-2/h3-7H,1-2H3,(H,16,17). The smallest absolute Gasteiger partial charge is 0.350 e. The highest BCUT2D eigenvalue weighted by molar-refractivity contribution is 7.12. The van der Waals surface area contributed by atoms with Gasteiger partial charge in [0, 0.05) is 5.56 Å². The third-order valence-corrected chi connectivity index (χ3v) is 3.59. The van der Waals surface area contributed by atoms with Crippen LogP contribution in [0.15, 0.2) is 29.6 Å². The molecule has 0 aliphatic rings. The molecule has 0 bridgehead atoms. The minimum atomic E-state index is -0.635. The average molecular weight is 309 g/mol. The maximum Gasteiger partial charge on any atom is 0.350 e. The van der Waals surface area contributed by atoms with Crippen molar-refractivity contribution in [2.24, 2.45) is 0 Å². The SMILES string of the molecule is COC(=O)c1sccc1NC(=O)c1ccc(OC)c(F)c1. The topological polar surface area (TPSA) is 64.6 Å². The number of methoxy groups -OCH3 is 2. The van der Waals surface area contributed by atoms with Gasteiger partial charge < -0.3 is 14.8 Å². The Balaban J connectivity index is 2.21. The summed E-state index contributed by atoms with van der Waals surface area (Å²) >= 11 is 1.15. The molecule has 1 aromatic carbocycles. The van der Waals surface area contributed by atoms with E-state index in [4.69, 9.17) is 4.74 Å². The average Bonchev–Trinajstić information content (AvgIpc) is 2.94. The van der Waals surface area contributed by atoms with Crippen LogP contribution < -0.4 is 10.1 Å². The van der Waals surface area contributed by atoms with Gasteiger partial charge in [-0.05, 0) is 29.6 Å².